The first-order valence-electron chi connectivity index (χ1n) is 8.78. The molecule has 0 saturated carbocycles. The Morgan fingerprint density at radius 3 is 2.36 bits per heavy atom. The van der Waals surface area contributed by atoms with E-state index in [0.29, 0.717) is 19.8 Å². The number of hydrogen-bond donors (Lipinski definition) is 0. The van der Waals surface area contributed by atoms with Crippen molar-refractivity contribution in [1.82, 2.24) is 0 Å². The highest BCUT2D eigenvalue weighted by Gasteiger charge is 2.55. The van der Waals surface area contributed by atoms with E-state index in [0.717, 1.165) is 34.4 Å². The molecule has 0 bridgehead atoms. The monoisotopic (exact) mass is 337 g/mol. The van der Waals surface area contributed by atoms with Gasteiger partial charge < -0.3 is 14.4 Å². The number of nitrogens with zero attached hydrogens (tertiary/aromatic N) is 1. The molecule has 1 amide bonds. The molecular formula is C21H23NO3. The SMILES string of the molecule is Cc1ccc(CN2C(=O)C3(OCCCO3)c3cc(C)cc(C)c32)cc1. The first-order valence-corrected chi connectivity index (χ1v) is 8.78. The van der Waals surface area contributed by atoms with Gasteiger partial charge in [-0.15, -0.1) is 0 Å². The van der Waals surface area contributed by atoms with Crippen LogP contribution in [0.1, 0.15) is 34.2 Å². The van der Waals surface area contributed by atoms with Gasteiger partial charge in [0.05, 0.1) is 25.4 Å². The Morgan fingerprint density at radius 2 is 1.68 bits per heavy atom. The summed E-state index contributed by atoms with van der Waals surface area (Å²) in [6.45, 7) is 7.74. The summed E-state index contributed by atoms with van der Waals surface area (Å²) in [5.41, 5.74) is 6.26. The van der Waals surface area contributed by atoms with Crippen LogP contribution in [0.5, 0.6) is 0 Å². The van der Waals surface area contributed by atoms with Crippen molar-refractivity contribution in [2.24, 2.45) is 0 Å². The third kappa shape index (κ3) is 2.57. The van der Waals surface area contributed by atoms with E-state index in [1.165, 1.54) is 5.56 Å². The van der Waals surface area contributed by atoms with E-state index in [-0.39, 0.29) is 5.91 Å². The van der Waals surface area contributed by atoms with Gasteiger partial charge in [-0.2, -0.15) is 0 Å². The van der Waals surface area contributed by atoms with E-state index in [2.05, 4.69) is 37.3 Å². The summed E-state index contributed by atoms with van der Waals surface area (Å²) in [7, 11) is 0. The van der Waals surface area contributed by atoms with Crippen molar-refractivity contribution in [2.75, 3.05) is 18.1 Å². The molecule has 2 heterocycles. The van der Waals surface area contributed by atoms with Gasteiger partial charge in [-0.3, -0.25) is 4.79 Å². The molecule has 4 rings (SSSR count). The van der Waals surface area contributed by atoms with Crippen molar-refractivity contribution < 1.29 is 14.3 Å². The van der Waals surface area contributed by atoms with Crippen molar-refractivity contribution in [2.45, 2.75) is 39.5 Å². The first kappa shape index (κ1) is 16.3. The van der Waals surface area contributed by atoms with Gasteiger partial charge in [0.25, 0.3) is 11.7 Å². The molecule has 1 saturated heterocycles. The summed E-state index contributed by atoms with van der Waals surface area (Å²) in [4.78, 5) is 15.2. The fourth-order valence-electron chi connectivity index (χ4n) is 3.80. The zero-order valence-corrected chi connectivity index (χ0v) is 15.0. The molecule has 4 nitrogen and oxygen atoms in total. The molecule has 4 heteroatoms. The van der Waals surface area contributed by atoms with Gasteiger partial charge in [-0.25, -0.2) is 0 Å². The van der Waals surface area contributed by atoms with E-state index in [4.69, 9.17) is 9.47 Å². The molecule has 0 unspecified atom stereocenters. The predicted molar refractivity (Wildman–Crippen MR) is 96.5 cm³/mol. The van der Waals surface area contributed by atoms with Crippen molar-refractivity contribution in [1.29, 1.82) is 0 Å². The summed E-state index contributed by atoms with van der Waals surface area (Å²) < 4.78 is 11.9. The van der Waals surface area contributed by atoms with Crippen molar-refractivity contribution in [3.05, 3.63) is 64.2 Å². The average Bonchev–Trinajstić information content (AvgIpc) is 2.81. The quantitative estimate of drug-likeness (QED) is 0.838. The second-order valence-corrected chi connectivity index (χ2v) is 7.02. The number of aryl methyl sites for hydroxylation is 3. The highest BCUT2D eigenvalue weighted by Crippen LogP contribution is 2.47. The molecule has 2 aromatic rings. The van der Waals surface area contributed by atoms with Gasteiger partial charge in [0, 0.05) is 5.56 Å². The van der Waals surface area contributed by atoms with Crippen LogP contribution in [0, 0.1) is 20.8 Å². The number of amides is 1. The lowest BCUT2D eigenvalue weighted by Gasteiger charge is -2.32. The van der Waals surface area contributed by atoms with Crippen LogP contribution in [0.15, 0.2) is 36.4 Å². The smallest absolute Gasteiger partial charge is 0.292 e. The number of ether oxygens (including phenoxy) is 2. The summed E-state index contributed by atoms with van der Waals surface area (Å²) >= 11 is 0. The Kier molecular flexibility index (Phi) is 3.89. The lowest BCUT2D eigenvalue weighted by molar-refractivity contribution is -0.256. The van der Waals surface area contributed by atoms with Crippen LogP contribution in [0.4, 0.5) is 5.69 Å². The maximum absolute atomic E-state index is 13.4. The maximum atomic E-state index is 13.4. The minimum absolute atomic E-state index is 0.114. The largest absolute Gasteiger partial charge is 0.338 e. The third-order valence-electron chi connectivity index (χ3n) is 4.96. The highest BCUT2D eigenvalue weighted by molar-refractivity contribution is 6.07. The van der Waals surface area contributed by atoms with Crippen LogP contribution in [0.3, 0.4) is 0 Å². The normalized spacial score (nSPS) is 18.7. The number of carbonyl (C=O) groups is 1. The van der Waals surface area contributed by atoms with E-state index >= 15 is 0 Å². The number of rotatable bonds is 2. The summed E-state index contributed by atoms with van der Waals surface area (Å²) in [6.07, 6.45) is 0.813. The molecule has 0 atom stereocenters. The van der Waals surface area contributed by atoms with Gasteiger partial charge >= 0.3 is 0 Å². The number of fused-ring (bicyclic) bond motifs is 2. The summed E-state index contributed by atoms with van der Waals surface area (Å²) in [6, 6.07) is 12.4. The van der Waals surface area contributed by atoms with Crippen molar-refractivity contribution in [3.63, 3.8) is 0 Å². The Hall–Kier alpha value is -2.17. The third-order valence-corrected chi connectivity index (χ3v) is 4.96. The van der Waals surface area contributed by atoms with Crippen LogP contribution >= 0.6 is 0 Å². The van der Waals surface area contributed by atoms with Gasteiger partial charge in [-0.05, 0) is 44.4 Å². The van der Waals surface area contributed by atoms with Crippen molar-refractivity contribution >= 4 is 11.6 Å². The van der Waals surface area contributed by atoms with Gasteiger partial charge in [0.1, 0.15) is 0 Å². The van der Waals surface area contributed by atoms with Crippen molar-refractivity contribution in [3.8, 4) is 0 Å². The molecule has 130 valence electrons. The second kappa shape index (κ2) is 5.97. The van der Waals surface area contributed by atoms with E-state index in [1.54, 1.807) is 0 Å². The molecule has 2 aliphatic heterocycles. The van der Waals surface area contributed by atoms with Crippen LogP contribution in [-0.4, -0.2) is 19.1 Å². The topological polar surface area (TPSA) is 38.8 Å². The molecule has 0 aromatic heterocycles. The molecule has 0 N–H and O–H groups in total. The van der Waals surface area contributed by atoms with Crippen LogP contribution in [0.25, 0.3) is 0 Å². The fourth-order valence-corrected chi connectivity index (χ4v) is 3.80. The number of benzene rings is 2. The lowest BCUT2D eigenvalue weighted by atomic mass is 10.00. The standard InChI is InChI=1S/C21H23NO3/c1-14-5-7-17(8-6-14)13-22-19-16(3)11-15(2)12-18(19)21(20(22)23)24-9-4-10-25-21/h5-8,11-12H,4,9-10,13H2,1-3H3. The minimum Gasteiger partial charge on any atom is -0.338 e. The van der Waals surface area contributed by atoms with Gasteiger partial charge in [-0.1, -0.05) is 41.5 Å². The second-order valence-electron chi connectivity index (χ2n) is 7.02. The zero-order chi connectivity index (χ0) is 17.6. The number of hydrogen-bond acceptors (Lipinski definition) is 3. The average molecular weight is 337 g/mol. The molecule has 0 radical (unpaired) electrons. The molecule has 2 aromatic carbocycles. The first-order chi connectivity index (χ1) is 12.0. The Labute approximate surface area is 148 Å². The molecule has 25 heavy (non-hydrogen) atoms. The predicted octanol–water partition coefficient (Wildman–Crippen LogP) is 3.75. The minimum atomic E-state index is -1.27. The Morgan fingerprint density at radius 1 is 1.00 bits per heavy atom. The number of carbonyl (C=O) groups excluding carboxylic acids is 1. The van der Waals surface area contributed by atoms with Crippen LogP contribution < -0.4 is 4.90 Å². The van der Waals surface area contributed by atoms with Gasteiger partial charge in [0.15, 0.2) is 0 Å². The van der Waals surface area contributed by atoms with E-state index in [9.17, 15) is 4.79 Å². The highest BCUT2D eigenvalue weighted by atomic mass is 16.7. The van der Waals surface area contributed by atoms with Crippen LogP contribution in [0.2, 0.25) is 0 Å². The maximum Gasteiger partial charge on any atom is 0.292 e. The molecular weight excluding hydrogens is 314 g/mol. The fraction of sp³-hybridized carbons (Fsp3) is 0.381. The van der Waals surface area contributed by atoms with Gasteiger partial charge in [0.2, 0.25) is 0 Å². The molecule has 1 fully saturated rings. The summed E-state index contributed by atoms with van der Waals surface area (Å²) in [5.74, 6) is -1.38. The molecule has 1 spiro atoms. The Bertz CT molecular complexity index is 820. The van der Waals surface area contributed by atoms with Crippen LogP contribution in [-0.2, 0) is 26.6 Å². The zero-order valence-electron chi connectivity index (χ0n) is 15.0. The van der Waals surface area contributed by atoms with E-state index in [1.807, 2.05) is 24.8 Å². The molecule has 2 aliphatic rings. The lowest BCUT2D eigenvalue weighted by Crippen LogP contribution is -2.47. The number of anilines is 1. The van der Waals surface area contributed by atoms with E-state index < -0.39 is 5.79 Å². The Balaban J connectivity index is 1.81. The summed E-state index contributed by atoms with van der Waals surface area (Å²) in [5, 5.41) is 0. The molecule has 0 aliphatic carbocycles.